The molecule has 0 radical (unpaired) electrons. The van der Waals surface area contributed by atoms with Crippen LogP contribution in [0.25, 0.3) is 0 Å². The second-order valence-electron chi connectivity index (χ2n) is 3.85. The summed E-state index contributed by atoms with van der Waals surface area (Å²) < 4.78 is 17.3. The van der Waals surface area contributed by atoms with Crippen molar-refractivity contribution in [3.8, 4) is 0 Å². The van der Waals surface area contributed by atoms with E-state index < -0.39 is 5.76 Å². The van der Waals surface area contributed by atoms with Gasteiger partial charge in [-0.15, -0.1) is 5.10 Å². The molecule has 2 rings (SSSR count). The van der Waals surface area contributed by atoms with Crippen molar-refractivity contribution < 1.29 is 13.6 Å². The van der Waals surface area contributed by atoms with Gasteiger partial charge in [0, 0.05) is 6.42 Å². The van der Waals surface area contributed by atoms with Crippen molar-refractivity contribution in [3.63, 3.8) is 0 Å². The smallest absolute Gasteiger partial charge is 0.392 e. The molecule has 1 N–H and O–H groups in total. The molecule has 0 saturated heterocycles. The van der Waals surface area contributed by atoms with Crippen molar-refractivity contribution in [3.05, 3.63) is 52.1 Å². The Bertz CT molecular complexity index is 586. The van der Waals surface area contributed by atoms with Crippen molar-refractivity contribution in [1.82, 2.24) is 10.2 Å². The third kappa shape index (κ3) is 3.38. The second kappa shape index (κ2) is 5.39. The number of benzene rings is 1. The highest BCUT2D eigenvalue weighted by Gasteiger charge is 2.09. The molecule has 18 heavy (non-hydrogen) atoms. The van der Waals surface area contributed by atoms with E-state index in [4.69, 9.17) is 0 Å². The Morgan fingerprint density at radius 1 is 1.33 bits per heavy atom. The van der Waals surface area contributed by atoms with Crippen LogP contribution in [-0.4, -0.2) is 16.0 Å². The van der Waals surface area contributed by atoms with Crippen molar-refractivity contribution in [1.29, 1.82) is 0 Å². The van der Waals surface area contributed by atoms with Crippen molar-refractivity contribution in [2.45, 2.75) is 19.3 Å². The highest BCUT2D eigenvalue weighted by Crippen LogP contribution is 2.06. The number of aromatic nitrogens is 2. The fourth-order valence-corrected chi connectivity index (χ4v) is 1.53. The molecule has 0 amide bonds. The molecular formula is C12H11FN2O3. The lowest BCUT2D eigenvalue weighted by atomic mass is 10.1. The molecule has 0 unspecified atom stereocenters. The van der Waals surface area contributed by atoms with E-state index in [1.54, 1.807) is 12.1 Å². The van der Waals surface area contributed by atoms with E-state index in [-0.39, 0.29) is 23.9 Å². The number of H-pyrrole nitrogens is 1. The third-order valence-corrected chi connectivity index (χ3v) is 2.44. The van der Waals surface area contributed by atoms with Crippen LogP contribution in [0, 0.1) is 5.82 Å². The Morgan fingerprint density at radius 3 is 2.67 bits per heavy atom. The van der Waals surface area contributed by atoms with Crippen LogP contribution in [0.2, 0.25) is 0 Å². The molecule has 1 aromatic carbocycles. The molecule has 0 spiro atoms. The summed E-state index contributed by atoms with van der Waals surface area (Å²) in [6.45, 7) is 0. The fraction of sp³-hybridized carbons (Fsp3) is 0.250. The Morgan fingerprint density at radius 2 is 2.06 bits per heavy atom. The van der Waals surface area contributed by atoms with E-state index in [1.807, 2.05) is 0 Å². The van der Waals surface area contributed by atoms with Crippen LogP contribution in [0.1, 0.15) is 17.9 Å². The Labute approximate surface area is 102 Å². The number of hydrogen-bond donors (Lipinski definition) is 1. The van der Waals surface area contributed by atoms with Gasteiger partial charge in [-0.3, -0.25) is 4.79 Å². The first-order chi connectivity index (χ1) is 8.63. The summed E-state index contributed by atoms with van der Waals surface area (Å²) in [5, 5.41) is 5.64. The minimum absolute atomic E-state index is 0.0140. The first-order valence-electron chi connectivity index (χ1n) is 5.44. The average molecular weight is 250 g/mol. The normalized spacial score (nSPS) is 10.5. The molecule has 0 aliphatic rings. The van der Waals surface area contributed by atoms with Crippen LogP contribution in [0.4, 0.5) is 4.39 Å². The number of carbonyl (C=O) groups is 1. The van der Waals surface area contributed by atoms with Gasteiger partial charge in [0.1, 0.15) is 11.6 Å². The first-order valence-corrected chi connectivity index (χ1v) is 5.44. The topological polar surface area (TPSA) is 76.0 Å². The van der Waals surface area contributed by atoms with Crippen LogP contribution in [-0.2, 0) is 17.6 Å². The van der Waals surface area contributed by atoms with Crippen LogP contribution in [0.5, 0.6) is 0 Å². The second-order valence-corrected chi connectivity index (χ2v) is 3.85. The van der Waals surface area contributed by atoms with Gasteiger partial charge in [-0.05, 0) is 24.1 Å². The van der Waals surface area contributed by atoms with E-state index in [2.05, 4.69) is 14.6 Å². The summed E-state index contributed by atoms with van der Waals surface area (Å²) in [6.07, 6.45) is 0.801. The molecular weight excluding hydrogens is 239 g/mol. The van der Waals surface area contributed by atoms with Crippen LogP contribution in [0.3, 0.4) is 0 Å². The molecule has 94 valence electrons. The summed E-state index contributed by atoms with van der Waals surface area (Å²) in [7, 11) is 0. The molecule has 0 fully saturated rings. The molecule has 0 aliphatic heterocycles. The maximum absolute atomic E-state index is 12.7. The zero-order valence-corrected chi connectivity index (χ0v) is 9.48. The first kappa shape index (κ1) is 12.2. The summed E-state index contributed by atoms with van der Waals surface area (Å²) in [6, 6.07) is 5.98. The molecule has 6 heteroatoms. The van der Waals surface area contributed by atoms with Gasteiger partial charge in [-0.25, -0.2) is 14.3 Å². The fourth-order valence-electron chi connectivity index (χ4n) is 1.53. The monoisotopic (exact) mass is 250 g/mol. The SMILES string of the molecule is O=C(CCc1ccc(F)cc1)Cc1n[nH]c(=O)o1. The van der Waals surface area contributed by atoms with Gasteiger partial charge in [-0.1, -0.05) is 12.1 Å². The Hall–Kier alpha value is -2.24. The molecule has 1 aromatic heterocycles. The standard InChI is InChI=1S/C12H11FN2O3/c13-9-4-1-8(2-5-9)3-6-10(16)7-11-14-15-12(17)18-11/h1-2,4-5H,3,6-7H2,(H,15,17). The van der Waals surface area contributed by atoms with Gasteiger partial charge in [0.15, 0.2) is 0 Å². The third-order valence-electron chi connectivity index (χ3n) is 2.44. The molecule has 5 nitrogen and oxygen atoms in total. The average Bonchev–Trinajstić information content (AvgIpc) is 2.74. The molecule has 0 atom stereocenters. The minimum atomic E-state index is -0.670. The quantitative estimate of drug-likeness (QED) is 0.866. The van der Waals surface area contributed by atoms with Gasteiger partial charge in [0.05, 0.1) is 6.42 Å². The number of aryl methyl sites for hydroxylation is 1. The van der Waals surface area contributed by atoms with Crippen molar-refractivity contribution >= 4 is 5.78 Å². The zero-order valence-electron chi connectivity index (χ0n) is 9.48. The van der Waals surface area contributed by atoms with Gasteiger partial charge in [0.25, 0.3) is 0 Å². The lowest BCUT2D eigenvalue weighted by Gasteiger charge is -1.99. The maximum atomic E-state index is 12.7. The number of aromatic amines is 1. The van der Waals surface area contributed by atoms with Gasteiger partial charge in [-0.2, -0.15) is 0 Å². The van der Waals surface area contributed by atoms with Crippen molar-refractivity contribution in [2.75, 3.05) is 0 Å². The number of carbonyl (C=O) groups excluding carboxylic acids is 1. The zero-order chi connectivity index (χ0) is 13.0. The highest BCUT2D eigenvalue weighted by atomic mass is 19.1. The molecule has 0 saturated carbocycles. The number of halogens is 1. The van der Waals surface area contributed by atoms with Crippen LogP contribution in [0.15, 0.2) is 33.5 Å². The molecule has 1 heterocycles. The summed E-state index contributed by atoms with van der Waals surface area (Å²) >= 11 is 0. The van der Waals surface area contributed by atoms with E-state index in [9.17, 15) is 14.0 Å². The summed E-state index contributed by atoms with van der Waals surface area (Å²) in [5.41, 5.74) is 0.883. The lowest BCUT2D eigenvalue weighted by molar-refractivity contribution is -0.118. The Kier molecular flexibility index (Phi) is 3.66. The summed E-state index contributed by atoms with van der Waals surface area (Å²) in [5.74, 6) is -0.974. The minimum Gasteiger partial charge on any atom is -0.392 e. The van der Waals surface area contributed by atoms with Gasteiger partial charge >= 0.3 is 5.76 Å². The number of rotatable bonds is 5. The van der Waals surface area contributed by atoms with E-state index in [0.29, 0.717) is 12.8 Å². The molecule has 2 aromatic rings. The number of hydrogen-bond acceptors (Lipinski definition) is 4. The van der Waals surface area contributed by atoms with E-state index in [1.165, 1.54) is 12.1 Å². The largest absolute Gasteiger partial charge is 0.434 e. The van der Waals surface area contributed by atoms with Crippen LogP contribution < -0.4 is 5.76 Å². The number of nitrogens with one attached hydrogen (secondary N) is 1. The number of nitrogens with zero attached hydrogens (tertiary/aromatic N) is 1. The predicted molar refractivity (Wildman–Crippen MR) is 60.6 cm³/mol. The predicted octanol–water partition coefficient (Wildman–Crippen LogP) is 1.25. The number of ketones is 1. The van der Waals surface area contributed by atoms with E-state index in [0.717, 1.165) is 5.56 Å². The molecule has 0 bridgehead atoms. The van der Waals surface area contributed by atoms with Gasteiger partial charge in [0.2, 0.25) is 5.89 Å². The number of Topliss-reactive ketones (excluding diaryl/α,β-unsaturated/α-hetero) is 1. The van der Waals surface area contributed by atoms with Crippen LogP contribution >= 0.6 is 0 Å². The summed E-state index contributed by atoms with van der Waals surface area (Å²) in [4.78, 5) is 22.2. The highest BCUT2D eigenvalue weighted by molar-refractivity contribution is 5.80. The van der Waals surface area contributed by atoms with E-state index >= 15 is 0 Å². The maximum Gasteiger partial charge on any atom is 0.434 e. The molecule has 0 aliphatic carbocycles. The van der Waals surface area contributed by atoms with Gasteiger partial charge < -0.3 is 4.42 Å². The Balaban J connectivity index is 1.85. The van der Waals surface area contributed by atoms with Crippen molar-refractivity contribution in [2.24, 2.45) is 0 Å². The lowest BCUT2D eigenvalue weighted by Crippen LogP contribution is -2.04.